The fourth-order valence-corrected chi connectivity index (χ4v) is 2.40. The molecular weight excluding hydrogens is 200 g/mol. The summed E-state index contributed by atoms with van der Waals surface area (Å²) in [7, 11) is 0. The van der Waals surface area contributed by atoms with Crippen molar-refractivity contribution in [3.05, 3.63) is 0 Å². The van der Waals surface area contributed by atoms with Crippen LogP contribution in [-0.4, -0.2) is 18.5 Å². The normalized spacial score (nSPS) is 20.7. The lowest BCUT2D eigenvalue weighted by molar-refractivity contribution is -0.122. The zero-order chi connectivity index (χ0) is 12.0. The van der Waals surface area contributed by atoms with E-state index in [9.17, 15) is 4.79 Å². The first-order valence-corrected chi connectivity index (χ1v) is 6.63. The van der Waals surface area contributed by atoms with Crippen LogP contribution in [0.3, 0.4) is 0 Å². The first kappa shape index (κ1) is 13.5. The quantitative estimate of drug-likeness (QED) is 0.728. The summed E-state index contributed by atoms with van der Waals surface area (Å²) in [4.78, 5) is 11.7. The maximum absolute atomic E-state index is 11.7. The Morgan fingerprint density at radius 1 is 1.38 bits per heavy atom. The first-order chi connectivity index (χ1) is 7.63. The van der Waals surface area contributed by atoms with E-state index in [1.165, 1.54) is 25.7 Å². The van der Waals surface area contributed by atoms with Crippen LogP contribution in [0.1, 0.15) is 52.4 Å². The Morgan fingerprint density at radius 2 is 2.00 bits per heavy atom. The summed E-state index contributed by atoms with van der Waals surface area (Å²) >= 11 is 0. The van der Waals surface area contributed by atoms with Crippen molar-refractivity contribution in [2.45, 2.75) is 58.4 Å². The van der Waals surface area contributed by atoms with Gasteiger partial charge in [0.15, 0.2) is 0 Å². The lowest BCUT2D eigenvalue weighted by Gasteiger charge is -2.20. The number of nitrogens with two attached hydrogens (primary N) is 1. The molecule has 0 aromatic heterocycles. The average Bonchev–Trinajstić information content (AvgIpc) is 2.79. The Balaban J connectivity index is 2.17. The molecule has 0 aromatic rings. The van der Waals surface area contributed by atoms with Gasteiger partial charge in [0.05, 0.1) is 0 Å². The molecule has 2 atom stereocenters. The minimum absolute atomic E-state index is 0.194. The van der Waals surface area contributed by atoms with Crippen molar-refractivity contribution < 1.29 is 4.79 Å². The Labute approximate surface area is 99.2 Å². The van der Waals surface area contributed by atoms with Crippen molar-refractivity contribution in [3.8, 4) is 0 Å². The lowest BCUT2D eigenvalue weighted by Crippen LogP contribution is -2.37. The fourth-order valence-electron chi connectivity index (χ4n) is 2.40. The van der Waals surface area contributed by atoms with Crippen LogP contribution in [-0.2, 0) is 4.79 Å². The van der Waals surface area contributed by atoms with Gasteiger partial charge in [0.25, 0.3) is 0 Å². The number of nitrogens with one attached hydrogen (secondary N) is 1. The van der Waals surface area contributed by atoms with Crippen LogP contribution >= 0.6 is 0 Å². The molecule has 3 N–H and O–H groups in total. The molecule has 0 aromatic carbocycles. The molecule has 16 heavy (non-hydrogen) atoms. The van der Waals surface area contributed by atoms with E-state index in [-0.39, 0.29) is 5.91 Å². The third-order valence-corrected chi connectivity index (χ3v) is 3.76. The van der Waals surface area contributed by atoms with Crippen LogP contribution in [0.25, 0.3) is 0 Å². The van der Waals surface area contributed by atoms with E-state index in [1.54, 1.807) is 0 Å². The molecule has 0 spiro atoms. The summed E-state index contributed by atoms with van der Waals surface area (Å²) in [6, 6.07) is 0.350. The Hall–Kier alpha value is -0.570. The summed E-state index contributed by atoms with van der Waals surface area (Å²) < 4.78 is 0. The van der Waals surface area contributed by atoms with Gasteiger partial charge in [-0.15, -0.1) is 0 Å². The number of carbonyl (C=O) groups is 1. The number of hydrogen-bond donors (Lipinski definition) is 2. The van der Waals surface area contributed by atoms with Crippen molar-refractivity contribution in [1.82, 2.24) is 5.32 Å². The van der Waals surface area contributed by atoms with Crippen LogP contribution in [0, 0.1) is 11.8 Å². The fraction of sp³-hybridized carbons (Fsp3) is 0.923. The molecule has 0 radical (unpaired) electrons. The minimum Gasteiger partial charge on any atom is -0.353 e. The number of hydrogen-bond acceptors (Lipinski definition) is 2. The van der Waals surface area contributed by atoms with E-state index < -0.39 is 0 Å². The van der Waals surface area contributed by atoms with E-state index in [0.29, 0.717) is 30.8 Å². The third kappa shape index (κ3) is 4.52. The lowest BCUT2D eigenvalue weighted by atomic mass is 9.99. The second kappa shape index (κ2) is 6.89. The standard InChI is InChI=1S/C13H26N2O/c1-10(9-14)7-8-13(16)15-11(2)12-5-3-4-6-12/h10-12H,3-9,14H2,1-2H3,(H,15,16)/t10?,11-/m0/s1. The van der Waals surface area contributed by atoms with Gasteiger partial charge in [0.1, 0.15) is 0 Å². The van der Waals surface area contributed by atoms with Crippen molar-refractivity contribution in [1.29, 1.82) is 0 Å². The average molecular weight is 226 g/mol. The molecule has 0 aliphatic heterocycles. The van der Waals surface area contributed by atoms with Crippen molar-refractivity contribution >= 4 is 5.91 Å². The van der Waals surface area contributed by atoms with E-state index in [2.05, 4.69) is 19.2 Å². The van der Waals surface area contributed by atoms with Crippen molar-refractivity contribution in [2.24, 2.45) is 17.6 Å². The highest BCUT2D eigenvalue weighted by Crippen LogP contribution is 2.27. The molecule has 3 heteroatoms. The van der Waals surface area contributed by atoms with Gasteiger partial charge in [-0.25, -0.2) is 0 Å². The molecule has 3 nitrogen and oxygen atoms in total. The van der Waals surface area contributed by atoms with Crippen LogP contribution in [0.15, 0.2) is 0 Å². The summed E-state index contributed by atoms with van der Waals surface area (Å²) in [5, 5.41) is 3.12. The van der Waals surface area contributed by atoms with E-state index in [1.807, 2.05) is 0 Å². The molecule has 1 fully saturated rings. The van der Waals surface area contributed by atoms with E-state index in [0.717, 1.165) is 6.42 Å². The van der Waals surface area contributed by atoms with Crippen molar-refractivity contribution in [3.63, 3.8) is 0 Å². The molecule has 1 aliphatic rings. The molecular formula is C13H26N2O. The zero-order valence-corrected chi connectivity index (χ0v) is 10.7. The Bertz CT molecular complexity index is 212. The SMILES string of the molecule is CC(CN)CCC(=O)N[C@@H](C)C1CCCC1. The van der Waals surface area contributed by atoms with Gasteiger partial charge >= 0.3 is 0 Å². The molecule has 94 valence electrons. The minimum atomic E-state index is 0.194. The molecule has 0 saturated heterocycles. The second-order valence-corrected chi connectivity index (χ2v) is 5.28. The summed E-state index contributed by atoms with van der Waals surface area (Å²) in [5.41, 5.74) is 5.53. The number of amides is 1. The maximum atomic E-state index is 11.7. The van der Waals surface area contributed by atoms with Gasteiger partial charge < -0.3 is 11.1 Å². The highest BCUT2D eigenvalue weighted by molar-refractivity contribution is 5.76. The zero-order valence-electron chi connectivity index (χ0n) is 10.7. The maximum Gasteiger partial charge on any atom is 0.220 e. The molecule has 0 heterocycles. The highest BCUT2D eigenvalue weighted by Gasteiger charge is 2.22. The molecule has 0 bridgehead atoms. The van der Waals surface area contributed by atoms with Crippen LogP contribution in [0.5, 0.6) is 0 Å². The summed E-state index contributed by atoms with van der Waals surface area (Å²) in [6.45, 7) is 4.90. The number of carbonyl (C=O) groups excluding carboxylic acids is 1. The molecule has 1 rings (SSSR count). The third-order valence-electron chi connectivity index (χ3n) is 3.76. The van der Waals surface area contributed by atoms with Crippen LogP contribution in [0.2, 0.25) is 0 Å². The predicted molar refractivity (Wildman–Crippen MR) is 67.0 cm³/mol. The Morgan fingerprint density at radius 3 is 2.56 bits per heavy atom. The first-order valence-electron chi connectivity index (χ1n) is 6.63. The van der Waals surface area contributed by atoms with Gasteiger partial charge in [-0.05, 0) is 44.6 Å². The number of rotatable bonds is 6. The monoisotopic (exact) mass is 226 g/mol. The van der Waals surface area contributed by atoms with Crippen LogP contribution < -0.4 is 11.1 Å². The smallest absolute Gasteiger partial charge is 0.220 e. The summed E-state index contributed by atoms with van der Waals surface area (Å²) in [5.74, 6) is 1.35. The molecule has 1 unspecified atom stereocenters. The van der Waals surface area contributed by atoms with Gasteiger partial charge in [0, 0.05) is 12.5 Å². The molecule has 1 aliphatic carbocycles. The van der Waals surface area contributed by atoms with Gasteiger partial charge in [0.2, 0.25) is 5.91 Å². The summed E-state index contributed by atoms with van der Waals surface area (Å²) in [6.07, 6.45) is 6.74. The van der Waals surface area contributed by atoms with E-state index >= 15 is 0 Å². The molecule has 1 saturated carbocycles. The van der Waals surface area contributed by atoms with Crippen molar-refractivity contribution in [2.75, 3.05) is 6.54 Å². The van der Waals surface area contributed by atoms with E-state index in [4.69, 9.17) is 5.73 Å². The van der Waals surface area contributed by atoms with Crippen LogP contribution in [0.4, 0.5) is 0 Å². The highest BCUT2D eigenvalue weighted by atomic mass is 16.1. The van der Waals surface area contributed by atoms with Gasteiger partial charge in [-0.3, -0.25) is 4.79 Å². The predicted octanol–water partition coefficient (Wildman–Crippen LogP) is 2.06. The Kier molecular flexibility index (Phi) is 5.81. The van der Waals surface area contributed by atoms with Gasteiger partial charge in [-0.1, -0.05) is 19.8 Å². The topological polar surface area (TPSA) is 55.1 Å². The largest absolute Gasteiger partial charge is 0.353 e. The molecule has 1 amide bonds. The van der Waals surface area contributed by atoms with Gasteiger partial charge in [-0.2, -0.15) is 0 Å². The second-order valence-electron chi connectivity index (χ2n) is 5.28.